The summed E-state index contributed by atoms with van der Waals surface area (Å²) in [5.41, 5.74) is 3.32. The number of carbonyl (C=O) groups is 1. The molecule has 5 rings (SSSR count). The van der Waals surface area contributed by atoms with Gasteiger partial charge >= 0.3 is 0 Å². The van der Waals surface area contributed by atoms with E-state index in [1.807, 2.05) is 35.2 Å². The van der Waals surface area contributed by atoms with Crippen LogP contribution in [0.15, 0.2) is 52.7 Å². The zero-order valence-electron chi connectivity index (χ0n) is 13.6. The van der Waals surface area contributed by atoms with Crippen LogP contribution in [0.2, 0.25) is 0 Å². The highest BCUT2D eigenvalue weighted by atomic mass is 35.5. The number of imidazole rings is 1. The third-order valence-corrected chi connectivity index (χ3v) is 5.17. The Hall–Kier alpha value is -2.64. The summed E-state index contributed by atoms with van der Waals surface area (Å²) in [6.07, 6.45) is 4.02. The summed E-state index contributed by atoms with van der Waals surface area (Å²) in [5.74, 6) is 0.697. The van der Waals surface area contributed by atoms with E-state index in [2.05, 4.69) is 14.3 Å². The number of carbonyl (C=O) groups excluding carboxylic acids is 1. The zero-order valence-corrected chi connectivity index (χ0v) is 15.2. The summed E-state index contributed by atoms with van der Waals surface area (Å²) in [7, 11) is 0. The number of para-hydroxylation sites is 1. The molecule has 0 unspecified atom stereocenters. The third-order valence-electron chi connectivity index (χ3n) is 4.58. The highest BCUT2D eigenvalue weighted by molar-refractivity contribution is 7.03. The summed E-state index contributed by atoms with van der Waals surface area (Å²) in [6, 6.07) is 9.55. The molecule has 6 nitrogen and oxygen atoms in total. The third kappa shape index (κ3) is 2.60. The first-order valence-electron chi connectivity index (χ1n) is 8.02. The molecule has 0 aliphatic carbocycles. The molecule has 1 amide bonds. The minimum absolute atomic E-state index is 0. The van der Waals surface area contributed by atoms with Crippen molar-refractivity contribution in [2.45, 2.75) is 12.5 Å². The van der Waals surface area contributed by atoms with E-state index in [4.69, 9.17) is 4.42 Å². The highest BCUT2D eigenvalue weighted by Crippen LogP contribution is 2.37. The number of aromatic nitrogens is 3. The average molecular weight is 387 g/mol. The number of aromatic amines is 1. The van der Waals surface area contributed by atoms with Gasteiger partial charge in [-0.1, -0.05) is 18.2 Å². The second-order valence-electron chi connectivity index (χ2n) is 6.01. The van der Waals surface area contributed by atoms with Gasteiger partial charge in [0.05, 0.1) is 29.5 Å². The van der Waals surface area contributed by atoms with Crippen molar-refractivity contribution in [3.63, 3.8) is 0 Å². The van der Waals surface area contributed by atoms with E-state index in [1.165, 1.54) is 11.5 Å². The summed E-state index contributed by atoms with van der Waals surface area (Å²) in [5, 5.41) is 2.80. The van der Waals surface area contributed by atoms with Gasteiger partial charge in [0.1, 0.15) is 17.4 Å². The van der Waals surface area contributed by atoms with Crippen molar-refractivity contribution in [1.29, 1.82) is 0 Å². The molecule has 0 spiro atoms. The van der Waals surface area contributed by atoms with Crippen LogP contribution in [-0.4, -0.2) is 31.7 Å². The molecule has 26 heavy (non-hydrogen) atoms. The minimum atomic E-state index is -0.314. The molecule has 0 radical (unpaired) electrons. The maximum atomic E-state index is 13.0. The van der Waals surface area contributed by atoms with Crippen LogP contribution in [-0.2, 0) is 6.42 Å². The molecule has 0 saturated heterocycles. The number of rotatable bonds is 2. The molecule has 0 bridgehead atoms. The Morgan fingerprint density at radius 1 is 1.35 bits per heavy atom. The molecule has 1 aromatic carbocycles. The van der Waals surface area contributed by atoms with Gasteiger partial charge in [0.2, 0.25) is 0 Å². The van der Waals surface area contributed by atoms with Crippen molar-refractivity contribution < 1.29 is 9.21 Å². The van der Waals surface area contributed by atoms with Crippen LogP contribution in [0.25, 0.3) is 11.0 Å². The summed E-state index contributed by atoms with van der Waals surface area (Å²) in [6.45, 7) is 0.592. The number of hydrogen-bond acceptors (Lipinski definition) is 5. The molecule has 1 N–H and O–H groups in total. The highest BCUT2D eigenvalue weighted by Gasteiger charge is 2.36. The molecule has 4 aromatic rings. The monoisotopic (exact) mass is 386 g/mol. The normalized spacial score (nSPS) is 16.3. The van der Waals surface area contributed by atoms with E-state index in [0.717, 1.165) is 34.5 Å². The molecule has 0 fully saturated rings. The van der Waals surface area contributed by atoms with Gasteiger partial charge in [-0.05, 0) is 23.7 Å². The Morgan fingerprint density at radius 2 is 2.23 bits per heavy atom. The van der Waals surface area contributed by atoms with Gasteiger partial charge in [-0.15, -0.1) is 12.4 Å². The molecule has 8 heteroatoms. The van der Waals surface area contributed by atoms with Gasteiger partial charge in [0, 0.05) is 23.7 Å². The number of halogens is 1. The molecule has 1 aliphatic rings. The van der Waals surface area contributed by atoms with Crippen molar-refractivity contribution >= 4 is 40.8 Å². The van der Waals surface area contributed by atoms with Crippen LogP contribution in [0.1, 0.15) is 33.5 Å². The standard InChI is InChI=1S/C18H14N4O2S.ClH/c23-18(12-8-21-25-9-12)22-6-5-13-16(20-10-19-13)17(22)15-7-11-3-1-2-4-14(11)24-15;/h1-4,7-10,17H,5-6H2,(H,19,20);1H/t17-;/m1./s1. The van der Waals surface area contributed by atoms with Crippen LogP contribution in [0.3, 0.4) is 0 Å². The predicted molar refractivity (Wildman–Crippen MR) is 101 cm³/mol. The summed E-state index contributed by atoms with van der Waals surface area (Å²) < 4.78 is 10.1. The van der Waals surface area contributed by atoms with E-state index < -0.39 is 0 Å². The summed E-state index contributed by atoms with van der Waals surface area (Å²) >= 11 is 1.28. The van der Waals surface area contributed by atoms with Crippen molar-refractivity contribution in [3.05, 3.63) is 70.9 Å². The quantitative estimate of drug-likeness (QED) is 0.568. The Balaban J connectivity index is 0.00000168. The fraction of sp³-hybridized carbons (Fsp3) is 0.167. The first kappa shape index (κ1) is 16.8. The van der Waals surface area contributed by atoms with E-state index in [0.29, 0.717) is 12.1 Å². The number of nitrogens with zero attached hydrogens (tertiary/aromatic N) is 3. The second-order valence-corrected chi connectivity index (χ2v) is 6.67. The number of fused-ring (bicyclic) bond motifs is 2. The molecule has 0 saturated carbocycles. The zero-order chi connectivity index (χ0) is 16.8. The first-order valence-corrected chi connectivity index (χ1v) is 8.86. The number of benzene rings is 1. The van der Waals surface area contributed by atoms with E-state index in [-0.39, 0.29) is 24.4 Å². The van der Waals surface area contributed by atoms with Crippen LogP contribution >= 0.6 is 23.9 Å². The van der Waals surface area contributed by atoms with Crippen molar-refractivity contribution in [3.8, 4) is 0 Å². The number of nitrogens with one attached hydrogen (secondary N) is 1. The van der Waals surface area contributed by atoms with E-state index >= 15 is 0 Å². The Labute approximate surface area is 159 Å². The predicted octanol–water partition coefficient (Wildman–Crippen LogP) is 3.82. The Bertz CT molecular complexity index is 1020. The average Bonchev–Trinajstić information content (AvgIpc) is 3.39. The summed E-state index contributed by atoms with van der Waals surface area (Å²) in [4.78, 5) is 22.4. The number of amides is 1. The van der Waals surface area contributed by atoms with Crippen LogP contribution in [0.5, 0.6) is 0 Å². The molecule has 1 aliphatic heterocycles. The van der Waals surface area contributed by atoms with Gasteiger partial charge in [-0.25, -0.2) is 9.36 Å². The maximum absolute atomic E-state index is 13.0. The fourth-order valence-corrected chi connectivity index (χ4v) is 3.92. The number of furan rings is 1. The van der Waals surface area contributed by atoms with E-state index in [1.54, 1.807) is 17.9 Å². The Kier molecular flexibility index (Phi) is 4.26. The molecular weight excluding hydrogens is 372 g/mol. The van der Waals surface area contributed by atoms with Crippen LogP contribution < -0.4 is 0 Å². The van der Waals surface area contributed by atoms with Crippen molar-refractivity contribution in [1.82, 2.24) is 19.2 Å². The largest absolute Gasteiger partial charge is 0.458 e. The van der Waals surface area contributed by atoms with Crippen molar-refractivity contribution in [2.75, 3.05) is 6.54 Å². The van der Waals surface area contributed by atoms with Crippen LogP contribution in [0, 0.1) is 0 Å². The van der Waals surface area contributed by atoms with Crippen molar-refractivity contribution in [2.24, 2.45) is 0 Å². The second kappa shape index (κ2) is 6.59. The molecule has 1 atom stereocenters. The maximum Gasteiger partial charge on any atom is 0.257 e. The minimum Gasteiger partial charge on any atom is -0.458 e. The van der Waals surface area contributed by atoms with Gasteiger partial charge in [0.15, 0.2) is 0 Å². The molecular formula is C18H15ClN4O2S. The lowest BCUT2D eigenvalue weighted by Crippen LogP contribution is -2.40. The number of H-pyrrole nitrogens is 1. The fourth-order valence-electron chi connectivity index (χ4n) is 3.41. The van der Waals surface area contributed by atoms with Gasteiger partial charge < -0.3 is 14.3 Å². The molecule has 4 heterocycles. The topological polar surface area (TPSA) is 75.0 Å². The molecule has 132 valence electrons. The SMILES string of the molecule is Cl.O=C(c1cnsc1)N1CCc2nc[nH]c2[C@H]1c1cc2ccccc2o1. The van der Waals surface area contributed by atoms with Crippen LogP contribution in [0.4, 0.5) is 0 Å². The lowest BCUT2D eigenvalue weighted by atomic mass is 9.99. The first-order chi connectivity index (χ1) is 12.3. The lowest BCUT2D eigenvalue weighted by Gasteiger charge is -2.33. The van der Waals surface area contributed by atoms with Gasteiger partial charge in [0.25, 0.3) is 5.91 Å². The van der Waals surface area contributed by atoms with Gasteiger partial charge in [-0.2, -0.15) is 0 Å². The van der Waals surface area contributed by atoms with E-state index in [9.17, 15) is 4.79 Å². The van der Waals surface area contributed by atoms with Gasteiger partial charge in [-0.3, -0.25) is 4.79 Å². The smallest absolute Gasteiger partial charge is 0.257 e. The Morgan fingerprint density at radius 3 is 3.04 bits per heavy atom. The lowest BCUT2D eigenvalue weighted by molar-refractivity contribution is 0.0673. The molecule has 3 aromatic heterocycles. The number of hydrogen-bond donors (Lipinski definition) is 1.